The highest BCUT2D eigenvalue weighted by atomic mass is 35.5. The van der Waals surface area contributed by atoms with Gasteiger partial charge >= 0.3 is 0 Å². The number of halogens is 2. The molecule has 1 amide bonds. The minimum absolute atomic E-state index is 0.0158. The maximum absolute atomic E-state index is 13.0. The Morgan fingerprint density at radius 3 is 1.81 bits per heavy atom. The van der Waals surface area contributed by atoms with E-state index >= 15 is 0 Å². The van der Waals surface area contributed by atoms with Crippen LogP contribution in [-0.4, -0.2) is 22.9 Å². The van der Waals surface area contributed by atoms with E-state index in [0.29, 0.717) is 12.1 Å². The number of carbonyl (C=O) groups is 1. The third-order valence-corrected chi connectivity index (χ3v) is 7.59. The lowest BCUT2D eigenvalue weighted by molar-refractivity contribution is -0.122. The van der Waals surface area contributed by atoms with Crippen LogP contribution in [0.25, 0.3) is 0 Å². The molecular weight excluding hydrogens is 439 g/mol. The van der Waals surface area contributed by atoms with E-state index in [4.69, 9.17) is 23.2 Å². The van der Waals surface area contributed by atoms with Gasteiger partial charge in [0.1, 0.15) is 0 Å². The number of benzene rings is 3. The van der Waals surface area contributed by atoms with Crippen molar-refractivity contribution in [3.8, 4) is 0 Å². The van der Waals surface area contributed by atoms with Gasteiger partial charge in [-0.05, 0) is 61.1 Å². The molecule has 2 saturated heterocycles. The molecule has 2 fully saturated rings. The largest absolute Gasteiger partial charge is 0.326 e. The van der Waals surface area contributed by atoms with Gasteiger partial charge in [0.2, 0.25) is 5.91 Å². The molecule has 2 bridgehead atoms. The predicted octanol–water partition coefficient (Wildman–Crippen LogP) is 6.96. The zero-order valence-electron chi connectivity index (χ0n) is 17.8. The first kappa shape index (κ1) is 21.5. The van der Waals surface area contributed by atoms with Crippen LogP contribution in [0.4, 0.5) is 5.69 Å². The Hall–Kier alpha value is -2.33. The van der Waals surface area contributed by atoms with Crippen LogP contribution >= 0.6 is 23.2 Å². The molecule has 3 nitrogen and oxygen atoms in total. The molecule has 164 valence electrons. The summed E-state index contributed by atoms with van der Waals surface area (Å²) < 4.78 is 0. The second-order valence-electron chi connectivity index (χ2n) is 8.80. The minimum atomic E-state index is -0.0203. The second kappa shape index (κ2) is 9.27. The highest BCUT2D eigenvalue weighted by molar-refractivity contribution is 6.32. The Morgan fingerprint density at radius 2 is 1.28 bits per heavy atom. The highest BCUT2D eigenvalue weighted by Gasteiger charge is 2.47. The first-order valence-corrected chi connectivity index (χ1v) is 12.0. The molecule has 2 aliphatic rings. The normalized spacial score (nSPS) is 22.8. The van der Waals surface area contributed by atoms with Gasteiger partial charge in [0.25, 0.3) is 0 Å². The monoisotopic (exact) mass is 464 g/mol. The van der Waals surface area contributed by atoms with Crippen LogP contribution in [0.3, 0.4) is 0 Å². The van der Waals surface area contributed by atoms with Gasteiger partial charge in [-0.1, -0.05) is 77.8 Å². The number of fused-ring (bicyclic) bond motifs is 2. The third-order valence-electron chi connectivity index (χ3n) is 6.90. The van der Waals surface area contributed by atoms with Gasteiger partial charge in [-0.3, -0.25) is 9.69 Å². The second-order valence-corrected chi connectivity index (χ2v) is 9.62. The van der Waals surface area contributed by atoms with E-state index in [1.807, 2.05) is 66.7 Å². The van der Waals surface area contributed by atoms with Crippen molar-refractivity contribution in [3.05, 3.63) is 100 Å². The number of rotatable bonds is 5. The van der Waals surface area contributed by atoms with Gasteiger partial charge in [0.15, 0.2) is 0 Å². The molecule has 0 saturated carbocycles. The molecular formula is C27H26Cl2N2O. The van der Waals surface area contributed by atoms with E-state index in [0.717, 1.165) is 52.5 Å². The molecule has 0 spiro atoms. The van der Waals surface area contributed by atoms with Crippen LogP contribution in [0.15, 0.2) is 78.9 Å². The highest BCUT2D eigenvalue weighted by Crippen LogP contribution is 2.48. The fourth-order valence-corrected chi connectivity index (χ4v) is 5.98. The SMILES string of the molecule is O=C(Nc1ccccc1)C1CC2CCC(C1)N2C(c1ccccc1Cl)c1ccccc1Cl. The standard InChI is InChI=1S/C27H26Cl2N2O/c28-24-12-6-4-10-22(24)26(23-11-5-7-13-25(23)29)31-20-14-15-21(31)17-18(16-20)27(32)30-19-8-2-1-3-9-19/h1-13,18,20-21,26H,14-17H2,(H,30,32). The predicted molar refractivity (Wildman–Crippen MR) is 131 cm³/mol. The zero-order valence-corrected chi connectivity index (χ0v) is 19.3. The number of carbonyl (C=O) groups excluding carboxylic acids is 1. The van der Waals surface area contributed by atoms with Gasteiger partial charge in [0, 0.05) is 33.7 Å². The molecule has 2 heterocycles. The van der Waals surface area contributed by atoms with Crippen molar-refractivity contribution in [2.24, 2.45) is 5.92 Å². The lowest BCUT2D eigenvalue weighted by Crippen LogP contribution is -2.47. The quantitative estimate of drug-likeness (QED) is 0.442. The zero-order chi connectivity index (χ0) is 22.1. The van der Waals surface area contributed by atoms with Crippen molar-refractivity contribution in [2.75, 3.05) is 5.32 Å². The summed E-state index contributed by atoms with van der Waals surface area (Å²) in [4.78, 5) is 15.6. The summed E-state index contributed by atoms with van der Waals surface area (Å²) in [6.45, 7) is 0. The minimum Gasteiger partial charge on any atom is -0.326 e. The first-order chi connectivity index (χ1) is 15.6. The van der Waals surface area contributed by atoms with Crippen molar-refractivity contribution in [3.63, 3.8) is 0 Å². The number of piperidine rings is 1. The molecule has 2 atom stereocenters. The number of para-hydroxylation sites is 1. The number of nitrogens with zero attached hydrogens (tertiary/aromatic N) is 1. The molecule has 32 heavy (non-hydrogen) atoms. The summed E-state index contributed by atoms with van der Waals surface area (Å²) in [5.41, 5.74) is 3.01. The summed E-state index contributed by atoms with van der Waals surface area (Å²) >= 11 is 13.4. The van der Waals surface area contributed by atoms with Gasteiger partial charge in [-0.15, -0.1) is 0 Å². The Bertz CT molecular complexity index is 1040. The Labute approximate surface area is 199 Å². The molecule has 5 rings (SSSR count). The van der Waals surface area contributed by atoms with Crippen LogP contribution in [0.2, 0.25) is 10.0 Å². The molecule has 0 aliphatic carbocycles. The summed E-state index contributed by atoms with van der Waals surface area (Å²) in [6.07, 6.45) is 3.87. The topological polar surface area (TPSA) is 32.3 Å². The Kier molecular flexibility index (Phi) is 6.23. The maximum Gasteiger partial charge on any atom is 0.227 e. The smallest absolute Gasteiger partial charge is 0.227 e. The van der Waals surface area contributed by atoms with Crippen molar-refractivity contribution < 1.29 is 4.79 Å². The lowest BCUT2D eigenvalue weighted by atomic mass is 9.86. The van der Waals surface area contributed by atoms with Crippen LogP contribution < -0.4 is 5.32 Å². The van der Waals surface area contributed by atoms with Gasteiger partial charge in [-0.2, -0.15) is 0 Å². The van der Waals surface area contributed by atoms with Crippen LogP contribution in [-0.2, 0) is 4.79 Å². The van der Waals surface area contributed by atoms with Crippen LogP contribution in [0.1, 0.15) is 42.9 Å². The van der Waals surface area contributed by atoms with E-state index in [9.17, 15) is 4.79 Å². The van der Waals surface area contributed by atoms with Crippen molar-refractivity contribution in [2.45, 2.75) is 43.8 Å². The van der Waals surface area contributed by atoms with Crippen molar-refractivity contribution in [1.82, 2.24) is 4.90 Å². The molecule has 3 aromatic carbocycles. The molecule has 1 N–H and O–H groups in total. The summed E-state index contributed by atoms with van der Waals surface area (Å²) in [6, 6.07) is 26.4. The number of nitrogens with one attached hydrogen (secondary N) is 1. The number of amides is 1. The molecule has 2 unspecified atom stereocenters. The van der Waals surface area contributed by atoms with E-state index in [1.54, 1.807) is 0 Å². The molecule has 2 aliphatic heterocycles. The third kappa shape index (κ3) is 4.17. The number of hydrogen-bond donors (Lipinski definition) is 1. The Morgan fingerprint density at radius 1 is 0.781 bits per heavy atom. The molecule has 5 heteroatoms. The lowest BCUT2D eigenvalue weighted by Gasteiger charge is -2.44. The average Bonchev–Trinajstić information content (AvgIpc) is 3.05. The summed E-state index contributed by atoms with van der Waals surface area (Å²) in [5, 5.41) is 4.61. The van der Waals surface area contributed by atoms with Crippen molar-refractivity contribution in [1.29, 1.82) is 0 Å². The fraction of sp³-hybridized carbons (Fsp3) is 0.296. The van der Waals surface area contributed by atoms with E-state index in [2.05, 4.69) is 22.3 Å². The summed E-state index contributed by atoms with van der Waals surface area (Å²) in [5.74, 6) is 0.141. The van der Waals surface area contributed by atoms with Gasteiger partial charge in [-0.25, -0.2) is 0 Å². The van der Waals surface area contributed by atoms with E-state index in [1.165, 1.54) is 0 Å². The van der Waals surface area contributed by atoms with Crippen LogP contribution in [0, 0.1) is 5.92 Å². The maximum atomic E-state index is 13.0. The number of anilines is 1. The summed E-state index contributed by atoms with van der Waals surface area (Å²) in [7, 11) is 0. The van der Waals surface area contributed by atoms with Crippen molar-refractivity contribution >= 4 is 34.8 Å². The molecule has 0 radical (unpaired) electrons. The van der Waals surface area contributed by atoms with E-state index in [-0.39, 0.29) is 17.9 Å². The number of hydrogen-bond acceptors (Lipinski definition) is 2. The van der Waals surface area contributed by atoms with Gasteiger partial charge in [0.05, 0.1) is 6.04 Å². The van der Waals surface area contributed by atoms with Crippen LogP contribution in [0.5, 0.6) is 0 Å². The van der Waals surface area contributed by atoms with E-state index < -0.39 is 0 Å². The first-order valence-electron chi connectivity index (χ1n) is 11.2. The fourth-order valence-electron chi connectivity index (χ4n) is 5.50. The average molecular weight is 465 g/mol. The van der Waals surface area contributed by atoms with Gasteiger partial charge < -0.3 is 5.32 Å². The molecule has 0 aromatic heterocycles. The Balaban J connectivity index is 1.44. The molecule has 3 aromatic rings.